The summed E-state index contributed by atoms with van der Waals surface area (Å²) in [6, 6.07) is 28.0. The molecule has 2 fully saturated rings. The zero-order valence-electron chi connectivity index (χ0n) is 18.1. The van der Waals surface area contributed by atoms with Crippen molar-refractivity contribution in [2.45, 2.75) is 12.3 Å². The Morgan fingerprint density at radius 2 is 1.59 bits per heavy atom. The van der Waals surface area contributed by atoms with Gasteiger partial charge in [0.05, 0.1) is 5.69 Å². The maximum atomic E-state index is 13.1. The maximum absolute atomic E-state index is 13.1. The van der Waals surface area contributed by atoms with Gasteiger partial charge in [0.1, 0.15) is 0 Å². The van der Waals surface area contributed by atoms with Gasteiger partial charge in [0, 0.05) is 37.1 Å². The highest BCUT2D eigenvalue weighted by atomic mass is 16.2. The Morgan fingerprint density at radius 1 is 0.781 bits per heavy atom. The molecule has 0 N–H and O–H groups in total. The van der Waals surface area contributed by atoms with Gasteiger partial charge in [-0.05, 0) is 58.0 Å². The number of fused-ring (bicyclic) bond motifs is 2. The lowest BCUT2D eigenvalue weighted by atomic mass is 9.64. The first-order valence-electron chi connectivity index (χ1n) is 11.8. The van der Waals surface area contributed by atoms with Crippen LogP contribution in [0.15, 0.2) is 78.9 Å². The van der Waals surface area contributed by atoms with Gasteiger partial charge in [0.25, 0.3) is 5.91 Å². The van der Waals surface area contributed by atoms with E-state index < -0.39 is 0 Å². The van der Waals surface area contributed by atoms with Crippen molar-refractivity contribution in [2.24, 2.45) is 11.8 Å². The number of nitrogens with zero attached hydrogens (tertiary/aromatic N) is 2. The zero-order chi connectivity index (χ0) is 21.2. The normalized spacial score (nSPS) is 24.3. The highest BCUT2D eigenvalue weighted by Gasteiger charge is 2.47. The lowest BCUT2D eigenvalue weighted by Crippen LogP contribution is -2.36. The van der Waals surface area contributed by atoms with E-state index in [2.05, 4.69) is 71.6 Å². The van der Waals surface area contributed by atoms with Gasteiger partial charge in [-0.2, -0.15) is 0 Å². The van der Waals surface area contributed by atoms with Crippen molar-refractivity contribution in [1.29, 1.82) is 0 Å². The van der Waals surface area contributed by atoms with E-state index >= 15 is 0 Å². The van der Waals surface area contributed by atoms with E-state index in [0.717, 1.165) is 53.5 Å². The number of likely N-dealkylation sites (tertiary alicyclic amines) is 1. The average Bonchev–Trinajstić information content (AvgIpc) is 3.28. The third-order valence-corrected chi connectivity index (χ3v) is 8.13. The van der Waals surface area contributed by atoms with Gasteiger partial charge in [-0.3, -0.25) is 4.79 Å². The minimum atomic E-state index is 0.160. The van der Waals surface area contributed by atoms with Crippen LogP contribution in [0.25, 0.3) is 21.5 Å². The SMILES string of the molecule is O=C1c2cccc3cccc(c23)N1CCN1CC2CC(c3ccc4ccccc4c3)C2C1. The van der Waals surface area contributed by atoms with Crippen LogP contribution >= 0.6 is 0 Å². The number of carbonyl (C=O) groups excluding carboxylic acids is 1. The van der Waals surface area contributed by atoms with Crippen molar-refractivity contribution >= 4 is 33.1 Å². The summed E-state index contributed by atoms with van der Waals surface area (Å²) >= 11 is 0. The molecule has 4 aromatic carbocycles. The molecule has 7 rings (SSSR count). The second-order valence-electron chi connectivity index (χ2n) is 9.77. The number of anilines is 1. The molecule has 0 radical (unpaired) electrons. The summed E-state index contributed by atoms with van der Waals surface area (Å²) in [7, 11) is 0. The lowest BCUT2D eigenvalue weighted by molar-refractivity contribution is 0.0990. The summed E-state index contributed by atoms with van der Waals surface area (Å²) in [4.78, 5) is 17.7. The first-order valence-corrected chi connectivity index (χ1v) is 11.8. The van der Waals surface area contributed by atoms with Crippen molar-refractivity contribution in [3.05, 3.63) is 90.0 Å². The highest BCUT2D eigenvalue weighted by molar-refractivity contribution is 6.25. The van der Waals surface area contributed by atoms with Crippen molar-refractivity contribution in [2.75, 3.05) is 31.1 Å². The van der Waals surface area contributed by atoms with Gasteiger partial charge >= 0.3 is 0 Å². The van der Waals surface area contributed by atoms with Crippen molar-refractivity contribution in [3.8, 4) is 0 Å². The van der Waals surface area contributed by atoms with Gasteiger partial charge in [0.15, 0.2) is 0 Å². The minimum Gasteiger partial charge on any atom is -0.306 e. The van der Waals surface area contributed by atoms with E-state index in [0.29, 0.717) is 5.92 Å². The molecule has 2 aliphatic heterocycles. The quantitative estimate of drug-likeness (QED) is 0.425. The molecule has 2 heterocycles. The lowest BCUT2D eigenvalue weighted by Gasteiger charge is -2.40. The monoisotopic (exact) mass is 418 g/mol. The number of hydrogen-bond donors (Lipinski definition) is 0. The summed E-state index contributed by atoms with van der Waals surface area (Å²) in [5.41, 5.74) is 3.44. The van der Waals surface area contributed by atoms with Gasteiger partial charge in [-0.1, -0.05) is 66.7 Å². The molecular formula is C29H26N2O. The molecule has 1 saturated heterocycles. The molecule has 158 valence electrons. The Kier molecular flexibility index (Phi) is 3.98. The summed E-state index contributed by atoms with van der Waals surface area (Å²) in [5, 5.41) is 4.96. The van der Waals surface area contributed by atoms with E-state index in [1.165, 1.54) is 29.3 Å². The first kappa shape index (κ1) is 18.4. The van der Waals surface area contributed by atoms with E-state index in [9.17, 15) is 4.79 Å². The smallest absolute Gasteiger partial charge is 0.259 e. The second kappa shape index (κ2) is 6.91. The predicted octanol–water partition coefficient (Wildman–Crippen LogP) is 5.69. The molecule has 3 atom stereocenters. The summed E-state index contributed by atoms with van der Waals surface area (Å²) in [5.74, 6) is 2.40. The van der Waals surface area contributed by atoms with Crippen LogP contribution < -0.4 is 4.90 Å². The van der Waals surface area contributed by atoms with Crippen LogP contribution in [-0.4, -0.2) is 37.0 Å². The summed E-state index contributed by atoms with van der Waals surface area (Å²) < 4.78 is 0. The number of hydrogen-bond acceptors (Lipinski definition) is 2. The third kappa shape index (κ3) is 2.67. The fourth-order valence-electron chi connectivity index (χ4n) is 6.45. The van der Waals surface area contributed by atoms with E-state index in [4.69, 9.17) is 0 Å². The van der Waals surface area contributed by atoms with Crippen molar-refractivity contribution in [1.82, 2.24) is 4.90 Å². The van der Waals surface area contributed by atoms with E-state index in [1.54, 1.807) is 0 Å². The molecule has 32 heavy (non-hydrogen) atoms. The molecule has 3 heteroatoms. The average molecular weight is 419 g/mol. The van der Waals surface area contributed by atoms with Crippen molar-refractivity contribution < 1.29 is 4.79 Å². The molecule has 0 spiro atoms. The molecule has 3 unspecified atom stereocenters. The van der Waals surface area contributed by atoms with Gasteiger partial charge < -0.3 is 9.80 Å². The Hall–Kier alpha value is -3.17. The summed E-state index contributed by atoms with van der Waals surface area (Å²) in [6.07, 6.45) is 1.30. The molecule has 0 bridgehead atoms. The number of rotatable bonds is 4. The van der Waals surface area contributed by atoms with E-state index in [1.807, 2.05) is 17.0 Å². The predicted molar refractivity (Wildman–Crippen MR) is 130 cm³/mol. The Balaban J connectivity index is 1.05. The van der Waals surface area contributed by atoms with Crippen molar-refractivity contribution in [3.63, 3.8) is 0 Å². The fourth-order valence-corrected chi connectivity index (χ4v) is 6.45. The maximum Gasteiger partial charge on any atom is 0.259 e. The van der Waals surface area contributed by atoms with Crippen LogP contribution in [0.3, 0.4) is 0 Å². The molecule has 3 aliphatic rings. The Labute approximate surface area is 188 Å². The molecular weight excluding hydrogens is 392 g/mol. The van der Waals surface area contributed by atoms with Crippen LogP contribution in [0.1, 0.15) is 28.3 Å². The van der Waals surface area contributed by atoms with Crippen LogP contribution in [0.5, 0.6) is 0 Å². The van der Waals surface area contributed by atoms with Gasteiger partial charge in [-0.25, -0.2) is 0 Å². The number of carbonyl (C=O) groups is 1. The molecule has 1 amide bonds. The van der Waals surface area contributed by atoms with Crippen LogP contribution in [0.2, 0.25) is 0 Å². The van der Waals surface area contributed by atoms with Crippen LogP contribution in [0.4, 0.5) is 5.69 Å². The van der Waals surface area contributed by atoms with Gasteiger partial charge in [0.2, 0.25) is 0 Å². The topological polar surface area (TPSA) is 23.6 Å². The largest absolute Gasteiger partial charge is 0.306 e. The first-order chi connectivity index (χ1) is 15.8. The molecule has 3 nitrogen and oxygen atoms in total. The summed E-state index contributed by atoms with van der Waals surface area (Å²) in [6.45, 7) is 4.05. The molecule has 4 aromatic rings. The van der Waals surface area contributed by atoms with Crippen LogP contribution in [0, 0.1) is 11.8 Å². The molecule has 1 saturated carbocycles. The highest BCUT2D eigenvalue weighted by Crippen LogP contribution is 2.51. The van der Waals surface area contributed by atoms with Crippen LogP contribution in [-0.2, 0) is 0 Å². The third-order valence-electron chi connectivity index (χ3n) is 8.13. The Morgan fingerprint density at radius 3 is 2.50 bits per heavy atom. The zero-order valence-corrected chi connectivity index (χ0v) is 18.1. The van der Waals surface area contributed by atoms with Gasteiger partial charge in [-0.15, -0.1) is 0 Å². The number of amides is 1. The standard InChI is InChI=1S/C29H26N2O/c32-29-24-9-3-7-20-8-4-10-27(28(20)24)31(29)14-13-30-17-23-16-25(26(23)18-30)22-12-11-19-5-1-2-6-21(19)15-22/h1-12,15,23,25-26H,13-14,16-18H2. The molecule has 0 aromatic heterocycles. The fraction of sp³-hybridized carbons (Fsp3) is 0.276. The minimum absolute atomic E-state index is 0.160. The second-order valence-corrected chi connectivity index (χ2v) is 9.77. The Bertz CT molecular complexity index is 1370. The van der Waals surface area contributed by atoms with E-state index in [-0.39, 0.29) is 5.91 Å². The molecule has 1 aliphatic carbocycles. The number of benzene rings is 4.